The van der Waals surface area contributed by atoms with E-state index in [1.807, 2.05) is 14.1 Å². The van der Waals surface area contributed by atoms with Gasteiger partial charge in [0.05, 0.1) is 12.6 Å². The predicted octanol–water partition coefficient (Wildman–Crippen LogP) is 1.44. The average Bonchev–Trinajstić information content (AvgIpc) is 3.09. The van der Waals surface area contributed by atoms with Gasteiger partial charge in [0.25, 0.3) is 5.91 Å². The molecule has 2 amide bonds. The van der Waals surface area contributed by atoms with E-state index in [-0.39, 0.29) is 17.9 Å². The average molecular weight is 405 g/mol. The Kier molecular flexibility index (Phi) is 7.46. The summed E-state index contributed by atoms with van der Waals surface area (Å²) < 4.78 is 11.8. The third-order valence-corrected chi connectivity index (χ3v) is 5.74. The first-order valence-corrected chi connectivity index (χ1v) is 10.2. The highest BCUT2D eigenvalue weighted by Gasteiger charge is 2.47. The lowest BCUT2D eigenvalue weighted by Gasteiger charge is -2.29. The van der Waals surface area contributed by atoms with Crippen molar-refractivity contribution in [2.24, 2.45) is 11.8 Å². The molecule has 3 rings (SSSR count). The third-order valence-electron chi connectivity index (χ3n) is 5.74. The van der Waals surface area contributed by atoms with E-state index in [0.717, 1.165) is 19.4 Å². The van der Waals surface area contributed by atoms with E-state index in [4.69, 9.17) is 14.7 Å². The molecule has 2 fully saturated rings. The van der Waals surface area contributed by atoms with Gasteiger partial charge in [-0.15, -0.1) is 0 Å². The molecule has 1 heterocycles. The number of nitrogens with one attached hydrogen (secondary N) is 2. The number of carbonyl (C=O) groups excluding carboxylic acids is 2. The maximum absolute atomic E-state index is 12.8. The number of hydroxylamine groups is 1. The highest BCUT2D eigenvalue weighted by Crippen LogP contribution is 2.41. The SMILES string of the molecule is CN(C)CC1C(C(=O)NCCOc2ccc(C(=O)NO)cc2)OC2CCCCC21. The minimum atomic E-state index is -0.576. The molecule has 4 atom stereocenters. The molecule has 1 aromatic rings. The van der Waals surface area contributed by atoms with Crippen LogP contribution in [0.4, 0.5) is 0 Å². The van der Waals surface area contributed by atoms with Crippen LogP contribution in [0.5, 0.6) is 5.75 Å². The van der Waals surface area contributed by atoms with Crippen LogP contribution in [0.25, 0.3) is 0 Å². The number of hydrogen-bond acceptors (Lipinski definition) is 6. The standard InChI is InChI=1S/C21H31N3O5/c1-24(2)13-17-16-5-3-4-6-18(16)29-19(17)21(26)22-11-12-28-15-9-7-14(8-10-15)20(25)23-27/h7-10,16-19,27H,3-6,11-13H2,1-2H3,(H,22,26)(H,23,25). The Balaban J connectivity index is 1.47. The minimum absolute atomic E-state index is 0.0650. The zero-order chi connectivity index (χ0) is 20.8. The summed E-state index contributed by atoms with van der Waals surface area (Å²) in [5.41, 5.74) is 1.92. The Morgan fingerprint density at radius 2 is 1.93 bits per heavy atom. The maximum atomic E-state index is 12.8. The number of benzene rings is 1. The van der Waals surface area contributed by atoms with Crippen molar-refractivity contribution >= 4 is 11.8 Å². The third kappa shape index (κ3) is 5.46. The molecular formula is C21H31N3O5. The molecule has 4 unspecified atom stereocenters. The lowest BCUT2D eigenvalue weighted by molar-refractivity contribution is -0.134. The van der Waals surface area contributed by atoms with Crippen LogP contribution < -0.4 is 15.5 Å². The number of hydrogen-bond donors (Lipinski definition) is 3. The molecule has 0 bridgehead atoms. The Labute approximate surface area is 171 Å². The molecule has 0 aromatic heterocycles. The fraction of sp³-hybridized carbons (Fsp3) is 0.619. The fourth-order valence-corrected chi connectivity index (χ4v) is 4.42. The lowest BCUT2D eigenvalue weighted by atomic mass is 9.78. The summed E-state index contributed by atoms with van der Waals surface area (Å²) in [5, 5.41) is 11.6. The predicted molar refractivity (Wildman–Crippen MR) is 107 cm³/mol. The van der Waals surface area contributed by atoms with E-state index < -0.39 is 12.0 Å². The van der Waals surface area contributed by atoms with Gasteiger partial charge in [0, 0.05) is 18.0 Å². The van der Waals surface area contributed by atoms with Crippen LogP contribution in [0.1, 0.15) is 36.0 Å². The molecule has 2 aliphatic rings. The van der Waals surface area contributed by atoms with Crippen molar-refractivity contribution in [3.8, 4) is 5.75 Å². The molecule has 1 aliphatic heterocycles. The lowest BCUT2D eigenvalue weighted by Crippen LogP contribution is -2.43. The molecule has 160 valence electrons. The molecule has 0 radical (unpaired) electrons. The van der Waals surface area contributed by atoms with Crippen LogP contribution in [-0.2, 0) is 9.53 Å². The second-order valence-corrected chi connectivity index (χ2v) is 8.07. The van der Waals surface area contributed by atoms with Crippen LogP contribution in [0.3, 0.4) is 0 Å². The van der Waals surface area contributed by atoms with Gasteiger partial charge in [-0.2, -0.15) is 0 Å². The molecule has 8 heteroatoms. The van der Waals surface area contributed by atoms with Crippen molar-refractivity contribution in [3.05, 3.63) is 29.8 Å². The number of amides is 2. The first kappa shape index (κ1) is 21.5. The van der Waals surface area contributed by atoms with E-state index in [2.05, 4.69) is 10.2 Å². The van der Waals surface area contributed by atoms with E-state index in [0.29, 0.717) is 30.4 Å². The van der Waals surface area contributed by atoms with Crippen LogP contribution in [0, 0.1) is 11.8 Å². The summed E-state index contributed by atoms with van der Waals surface area (Å²) in [6.45, 7) is 1.54. The van der Waals surface area contributed by atoms with Crippen LogP contribution in [0.2, 0.25) is 0 Å². The molecule has 1 aromatic carbocycles. The number of carbonyl (C=O) groups is 2. The highest BCUT2D eigenvalue weighted by molar-refractivity contribution is 5.93. The van der Waals surface area contributed by atoms with Gasteiger partial charge in [-0.3, -0.25) is 14.8 Å². The molecule has 29 heavy (non-hydrogen) atoms. The summed E-state index contributed by atoms with van der Waals surface area (Å²) in [6.07, 6.45) is 4.38. The van der Waals surface area contributed by atoms with Crippen LogP contribution in [-0.4, -0.2) is 67.9 Å². The highest BCUT2D eigenvalue weighted by atomic mass is 16.5. The Hall–Kier alpha value is -2.16. The summed E-state index contributed by atoms with van der Waals surface area (Å²) in [4.78, 5) is 26.2. The molecule has 1 aliphatic carbocycles. The first-order chi connectivity index (χ1) is 14.0. The number of nitrogens with zero attached hydrogens (tertiary/aromatic N) is 1. The zero-order valence-electron chi connectivity index (χ0n) is 17.1. The number of ether oxygens (including phenoxy) is 2. The molecule has 1 saturated heterocycles. The van der Waals surface area contributed by atoms with Gasteiger partial charge in [0.1, 0.15) is 18.5 Å². The quantitative estimate of drug-likeness (QED) is 0.344. The number of rotatable bonds is 8. The molecule has 3 N–H and O–H groups in total. The van der Waals surface area contributed by atoms with Crippen molar-refractivity contribution in [2.45, 2.75) is 37.9 Å². The smallest absolute Gasteiger partial charge is 0.274 e. The second kappa shape index (κ2) is 10.0. The van der Waals surface area contributed by atoms with Crippen molar-refractivity contribution in [1.29, 1.82) is 0 Å². The number of fused-ring (bicyclic) bond motifs is 1. The van der Waals surface area contributed by atoms with E-state index in [1.165, 1.54) is 12.8 Å². The largest absolute Gasteiger partial charge is 0.492 e. The van der Waals surface area contributed by atoms with Crippen LogP contribution in [0.15, 0.2) is 24.3 Å². The van der Waals surface area contributed by atoms with Gasteiger partial charge in [-0.1, -0.05) is 12.8 Å². The van der Waals surface area contributed by atoms with E-state index in [9.17, 15) is 9.59 Å². The molecule has 1 saturated carbocycles. The van der Waals surface area contributed by atoms with Crippen molar-refractivity contribution < 1.29 is 24.3 Å². The second-order valence-electron chi connectivity index (χ2n) is 8.07. The van der Waals surface area contributed by atoms with Crippen molar-refractivity contribution in [1.82, 2.24) is 15.7 Å². The summed E-state index contributed by atoms with van der Waals surface area (Å²) in [5.74, 6) is 0.634. The van der Waals surface area contributed by atoms with Gasteiger partial charge in [-0.25, -0.2) is 5.48 Å². The maximum Gasteiger partial charge on any atom is 0.274 e. The molecule has 8 nitrogen and oxygen atoms in total. The van der Waals surface area contributed by atoms with Gasteiger partial charge in [0.2, 0.25) is 5.91 Å². The fourth-order valence-electron chi connectivity index (χ4n) is 4.42. The Bertz CT molecular complexity index is 694. The van der Waals surface area contributed by atoms with Gasteiger partial charge < -0.3 is 19.7 Å². The van der Waals surface area contributed by atoms with Gasteiger partial charge in [0.15, 0.2) is 0 Å². The van der Waals surface area contributed by atoms with E-state index >= 15 is 0 Å². The summed E-state index contributed by atoms with van der Waals surface area (Å²) in [7, 11) is 4.07. The van der Waals surface area contributed by atoms with Crippen molar-refractivity contribution in [3.63, 3.8) is 0 Å². The molecular weight excluding hydrogens is 374 g/mol. The summed E-state index contributed by atoms with van der Waals surface area (Å²) in [6, 6.07) is 6.40. The Morgan fingerprint density at radius 3 is 2.62 bits per heavy atom. The zero-order valence-corrected chi connectivity index (χ0v) is 17.1. The monoisotopic (exact) mass is 405 g/mol. The van der Waals surface area contributed by atoms with Crippen molar-refractivity contribution in [2.75, 3.05) is 33.8 Å². The summed E-state index contributed by atoms with van der Waals surface area (Å²) >= 11 is 0. The minimum Gasteiger partial charge on any atom is -0.492 e. The normalized spacial score (nSPS) is 26.1. The topological polar surface area (TPSA) is 100 Å². The van der Waals surface area contributed by atoms with Gasteiger partial charge >= 0.3 is 0 Å². The van der Waals surface area contributed by atoms with E-state index in [1.54, 1.807) is 29.7 Å². The molecule has 0 spiro atoms. The Morgan fingerprint density at radius 1 is 1.21 bits per heavy atom. The van der Waals surface area contributed by atoms with Gasteiger partial charge in [-0.05, 0) is 57.1 Å². The first-order valence-electron chi connectivity index (χ1n) is 10.2. The van der Waals surface area contributed by atoms with Crippen LogP contribution >= 0.6 is 0 Å².